The zero-order valence-electron chi connectivity index (χ0n) is 30.1. The number of rotatable bonds is 6. The Hall–Kier alpha value is -7.63. The Morgan fingerprint density at radius 1 is 0.321 bits per heavy atom. The van der Waals surface area contributed by atoms with Crippen molar-refractivity contribution in [2.75, 3.05) is 0 Å². The lowest BCUT2D eigenvalue weighted by atomic mass is 9.93. The van der Waals surface area contributed by atoms with Gasteiger partial charge in [-0.25, -0.2) is 9.97 Å². The predicted octanol–water partition coefficient (Wildman–Crippen LogP) is 13.7. The van der Waals surface area contributed by atoms with Crippen molar-refractivity contribution in [1.29, 1.82) is 0 Å². The monoisotopic (exact) mass is 717 g/mol. The molecule has 0 spiro atoms. The van der Waals surface area contributed by atoms with Crippen LogP contribution in [0.3, 0.4) is 0 Å². The van der Waals surface area contributed by atoms with E-state index in [1.165, 1.54) is 0 Å². The number of aromatic nitrogens is 3. The number of benzene rings is 7. The van der Waals surface area contributed by atoms with Gasteiger partial charge in [0.1, 0.15) is 22.3 Å². The Labute approximate surface area is 322 Å². The maximum atomic E-state index is 6.59. The lowest BCUT2D eigenvalue weighted by Crippen LogP contribution is -1.97. The number of pyridine rings is 1. The lowest BCUT2D eigenvalue weighted by Gasteiger charge is -2.14. The molecular weight excluding hydrogens is 687 g/mol. The molecule has 0 aliphatic rings. The van der Waals surface area contributed by atoms with Crippen molar-refractivity contribution in [3.05, 3.63) is 188 Å². The van der Waals surface area contributed by atoms with Crippen LogP contribution in [0.4, 0.5) is 0 Å². The number of nitrogens with zero attached hydrogens (tertiary/aromatic N) is 3. The van der Waals surface area contributed by atoms with Gasteiger partial charge in [-0.2, -0.15) is 0 Å². The summed E-state index contributed by atoms with van der Waals surface area (Å²) in [5, 5.41) is 4.34. The molecule has 5 nitrogen and oxygen atoms in total. The van der Waals surface area contributed by atoms with E-state index in [1.54, 1.807) is 0 Å². The van der Waals surface area contributed by atoms with Crippen LogP contribution in [0.2, 0.25) is 0 Å². The number of hydrogen-bond donors (Lipinski definition) is 0. The molecule has 0 aliphatic carbocycles. The van der Waals surface area contributed by atoms with Gasteiger partial charge in [0.15, 0.2) is 5.82 Å². The third-order valence-electron chi connectivity index (χ3n) is 10.6. The molecule has 0 N–H and O–H groups in total. The van der Waals surface area contributed by atoms with E-state index in [2.05, 4.69) is 126 Å². The average Bonchev–Trinajstić information content (AvgIpc) is 3.86. The molecule has 0 atom stereocenters. The quantitative estimate of drug-likeness (QED) is 0.171. The molecule has 4 aromatic heterocycles. The summed E-state index contributed by atoms with van der Waals surface area (Å²) < 4.78 is 13.2. The molecule has 0 aliphatic heterocycles. The van der Waals surface area contributed by atoms with E-state index in [9.17, 15) is 0 Å². The number of furan rings is 2. The minimum atomic E-state index is 0.651. The van der Waals surface area contributed by atoms with Crippen LogP contribution in [-0.2, 0) is 0 Å². The minimum Gasteiger partial charge on any atom is -0.455 e. The Morgan fingerprint density at radius 3 is 1.41 bits per heavy atom. The highest BCUT2D eigenvalue weighted by Gasteiger charge is 2.19. The van der Waals surface area contributed by atoms with Crippen molar-refractivity contribution in [2.45, 2.75) is 0 Å². The van der Waals surface area contributed by atoms with Gasteiger partial charge in [-0.1, -0.05) is 133 Å². The van der Waals surface area contributed by atoms with E-state index < -0.39 is 0 Å². The highest BCUT2D eigenvalue weighted by molar-refractivity contribution is 6.11. The Morgan fingerprint density at radius 2 is 0.821 bits per heavy atom. The zero-order chi connectivity index (χ0) is 37.0. The van der Waals surface area contributed by atoms with Gasteiger partial charge in [-0.15, -0.1) is 0 Å². The van der Waals surface area contributed by atoms with E-state index in [1.807, 2.05) is 66.9 Å². The van der Waals surface area contributed by atoms with Gasteiger partial charge in [-0.3, -0.25) is 4.98 Å². The van der Waals surface area contributed by atoms with Gasteiger partial charge in [0, 0.05) is 61.1 Å². The summed E-state index contributed by atoms with van der Waals surface area (Å²) in [6, 6.07) is 62.5. The maximum absolute atomic E-state index is 6.59. The van der Waals surface area contributed by atoms with Gasteiger partial charge < -0.3 is 8.83 Å². The molecule has 0 unspecified atom stereocenters. The molecule has 5 heteroatoms. The van der Waals surface area contributed by atoms with Gasteiger partial charge in [0.2, 0.25) is 0 Å². The van der Waals surface area contributed by atoms with Crippen LogP contribution >= 0.6 is 0 Å². The van der Waals surface area contributed by atoms with Crippen molar-refractivity contribution in [1.82, 2.24) is 15.0 Å². The van der Waals surface area contributed by atoms with E-state index in [-0.39, 0.29) is 0 Å². The van der Waals surface area contributed by atoms with E-state index in [0.29, 0.717) is 5.82 Å². The molecule has 262 valence electrons. The molecule has 0 radical (unpaired) electrons. The standard InChI is InChI=1S/C51H31N3O2/c1-2-12-34(13-3-1)51-53-45(33-25-23-32(24-26-33)44-20-8-9-27-52-44)31-46(54-51)37-29-35(38-16-10-18-42-40-14-4-6-21-47(40)55-49(38)42)28-36(30-37)39-17-11-19-43-41-15-5-7-22-48(41)56-50(39)43/h1-31H. The van der Waals surface area contributed by atoms with Crippen molar-refractivity contribution in [3.63, 3.8) is 0 Å². The highest BCUT2D eigenvalue weighted by Crippen LogP contribution is 2.42. The van der Waals surface area contributed by atoms with Crippen LogP contribution in [0.1, 0.15) is 0 Å². The smallest absolute Gasteiger partial charge is 0.160 e. The van der Waals surface area contributed by atoms with Crippen LogP contribution < -0.4 is 0 Å². The summed E-state index contributed by atoms with van der Waals surface area (Å²) in [5.74, 6) is 0.651. The SMILES string of the molecule is c1ccc(-c2nc(-c3ccc(-c4ccccn4)cc3)cc(-c3cc(-c4cccc5c4oc4ccccc45)cc(-c4cccc5c4oc4ccccc45)c3)n2)cc1. The zero-order valence-corrected chi connectivity index (χ0v) is 30.1. The summed E-state index contributed by atoms with van der Waals surface area (Å²) in [5.41, 5.74) is 13.9. The molecule has 0 bridgehead atoms. The van der Waals surface area contributed by atoms with E-state index in [0.717, 1.165) is 105 Å². The van der Waals surface area contributed by atoms with Gasteiger partial charge in [0.25, 0.3) is 0 Å². The summed E-state index contributed by atoms with van der Waals surface area (Å²) in [7, 11) is 0. The van der Waals surface area contributed by atoms with E-state index >= 15 is 0 Å². The average molecular weight is 718 g/mol. The first-order chi connectivity index (χ1) is 27.7. The minimum absolute atomic E-state index is 0.651. The lowest BCUT2D eigenvalue weighted by molar-refractivity contribution is 0.670. The second kappa shape index (κ2) is 13.0. The third-order valence-corrected chi connectivity index (χ3v) is 10.6. The van der Waals surface area contributed by atoms with Crippen LogP contribution in [0.5, 0.6) is 0 Å². The molecule has 11 aromatic rings. The fraction of sp³-hybridized carbons (Fsp3) is 0. The van der Waals surface area contributed by atoms with Gasteiger partial charge in [0.05, 0.1) is 17.1 Å². The molecule has 11 rings (SSSR count). The molecular formula is C51H31N3O2. The van der Waals surface area contributed by atoms with Crippen molar-refractivity contribution >= 4 is 43.9 Å². The molecule has 7 aromatic carbocycles. The predicted molar refractivity (Wildman–Crippen MR) is 227 cm³/mol. The Kier molecular flexibility index (Phi) is 7.42. The first-order valence-electron chi connectivity index (χ1n) is 18.7. The number of fused-ring (bicyclic) bond motifs is 6. The molecule has 0 fully saturated rings. The maximum Gasteiger partial charge on any atom is 0.160 e. The number of hydrogen-bond acceptors (Lipinski definition) is 5. The Bertz CT molecular complexity index is 3110. The van der Waals surface area contributed by atoms with Crippen LogP contribution in [0.25, 0.3) is 111 Å². The van der Waals surface area contributed by atoms with Gasteiger partial charge in [-0.05, 0) is 59.7 Å². The van der Waals surface area contributed by atoms with Crippen LogP contribution in [-0.4, -0.2) is 15.0 Å². The molecule has 0 saturated carbocycles. The summed E-state index contributed by atoms with van der Waals surface area (Å²) >= 11 is 0. The fourth-order valence-electron chi connectivity index (χ4n) is 7.84. The van der Waals surface area contributed by atoms with Crippen molar-refractivity contribution < 1.29 is 8.83 Å². The third kappa shape index (κ3) is 5.45. The first kappa shape index (κ1) is 31.9. The second-order valence-corrected chi connectivity index (χ2v) is 14.0. The Balaban J connectivity index is 1.15. The topological polar surface area (TPSA) is 65.0 Å². The molecule has 4 heterocycles. The second-order valence-electron chi connectivity index (χ2n) is 14.0. The summed E-state index contributed by atoms with van der Waals surface area (Å²) in [4.78, 5) is 14.9. The fourth-order valence-corrected chi connectivity index (χ4v) is 7.84. The molecule has 0 saturated heterocycles. The molecule has 0 amide bonds. The van der Waals surface area contributed by atoms with Crippen molar-refractivity contribution in [2.24, 2.45) is 0 Å². The van der Waals surface area contributed by atoms with E-state index in [4.69, 9.17) is 18.8 Å². The number of para-hydroxylation sites is 4. The van der Waals surface area contributed by atoms with Gasteiger partial charge >= 0.3 is 0 Å². The summed E-state index contributed by atoms with van der Waals surface area (Å²) in [6.45, 7) is 0. The van der Waals surface area contributed by atoms with Crippen LogP contribution in [0, 0.1) is 0 Å². The highest BCUT2D eigenvalue weighted by atomic mass is 16.3. The molecule has 56 heavy (non-hydrogen) atoms. The van der Waals surface area contributed by atoms with Crippen LogP contribution in [0.15, 0.2) is 197 Å². The largest absolute Gasteiger partial charge is 0.455 e. The summed E-state index contributed by atoms with van der Waals surface area (Å²) in [6.07, 6.45) is 1.82. The van der Waals surface area contributed by atoms with Crippen molar-refractivity contribution in [3.8, 4) is 67.4 Å². The normalized spacial score (nSPS) is 11.6. The first-order valence-corrected chi connectivity index (χ1v) is 18.7.